The van der Waals surface area contributed by atoms with E-state index in [1.54, 1.807) is 5.57 Å². The molecule has 37 valence electrons. The van der Waals surface area contributed by atoms with Crippen molar-refractivity contribution in [2.24, 2.45) is 0 Å². The van der Waals surface area contributed by atoms with Crippen LogP contribution in [-0.2, 0) is 0 Å². The van der Waals surface area contributed by atoms with Gasteiger partial charge in [0.05, 0.1) is 0 Å². The molecule has 0 N–H and O–H groups in total. The monoisotopic (exact) mass is 93.1 g/mol. The van der Waals surface area contributed by atoms with Crippen molar-refractivity contribution in [2.45, 2.75) is 26.1 Å². The van der Waals surface area contributed by atoms with Gasteiger partial charge in [0.25, 0.3) is 0 Å². The SMILES string of the molecule is C[B]C=C1CCC1. The first kappa shape index (κ1) is 4.95. The predicted molar refractivity (Wildman–Crippen MR) is 33.6 cm³/mol. The number of hydrogen-bond donors (Lipinski definition) is 0. The second-order valence-electron chi connectivity index (χ2n) is 2.01. The fourth-order valence-corrected chi connectivity index (χ4v) is 0.783. The Balaban J connectivity index is 2.23. The van der Waals surface area contributed by atoms with Crippen LogP contribution in [0.25, 0.3) is 0 Å². The Labute approximate surface area is 45.9 Å². The van der Waals surface area contributed by atoms with Crippen molar-refractivity contribution in [3.05, 3.63) is 11.5 Å². The third kappa shape index (κ3) is 1.08. The molecular formula is C6H10B. The van der Waals surface area contributed by atoms with Gasteiger partial charge in [0.2, 0.25) is 0 Å². The van der Waals surface area contributed by atoms with E-state index in [-0.39, 0.29) is 0 Å². The molecule has 0 aromatic carbocycles. The lowest BCUT2D eigenvalue weighted by atomic mass is 9.76. The summed E-state index contributed by atoms with van der Waals surface area (Å²) in [5.41, 5.74) is 1.63. The van der Waals surface area contributed by atoms with Crippen LogP contribution < -0.4 is 0 Å². The first-order valence-corrected chi connectivity index (χ1v) is 2.91. The summed E-state index contributed by atoms with van der Waals surface area (Å²) in [4.78, 5) is 0. The molecule has 0 spiro atoms. The third-order valence-corrected chi connectivity index (χ3v) is 1.40. The van der Waals surface area contributed by atoms with Crippen molar-refractivity contribution < 1.29 is 0 Å². The van der Waals surface area contributed by atoms with E-state index in [0.717, 1.165) is 0 Å². The van der Waals surface area contributed by atoms with E-state index in [4.69, 9.17) is 0 Å². The van der Waals surface area contributed by atoms with E-state index < -0.39 is 0 Å². The maximum Gasteiger partial charge on any atom is 0.137 e. The smallest absolute Gasteiger partial charge is 0.124 e. The number of allylic oxidation sites excluding steroid dienone is 1. The molecule has 0 aliphatic heterocycles. The summed E-state index contributed by atoms with van der Waals surface area (Å²) in [5.74, 6) is 2.23. The zero-order valence-electron chi connectivity index (χ0n) is 4.78. The lowest BCUT2D eigenvalue weighted by Crippen LogP contribution is -1.97. The summed E-state index contributed by atoms with van der Waals surface area (Å²) in [6, 6.07) is 0. The highest BCUT2D eigenvalue weighted by Crippen LogP contribution is 2.24. The highest BCUT2D eigenvalue weighted by atomic mass is 14.1. The Morgan fingerprint density at radius 1 is 1.57 bits per heavy atom. The van der Waals surface area contributed by atoms with Crippen LogP contribution in [0.5, 0.6) is 0 Å². The van der Waals surface area contributed by atoms with Gasteiger partial charge in [-0.15, -0.1) is 5.98 Å². The van der Waals surface area contributed by atoms with E-state index in [1.165, 1.54) is 19.3 Å². The number of hydrogen-bond acceptors (Lipinski definition) is 0. The Hall–Kier alpha value is -0.195. The van der Waals surface area contributed by atoms with Crippen LogP contribution in [-0.4, -0.2) is 7.28 Å². The standard InChI is InChI=1S/C6H10B/c1-7-5-6-3-2-4-6/h5H,2-4H2,1H3. The molecule has 0 amide bonds. The Morgan fingerprint density at radius 3 is 2.43 bits per heavy atom. The largest absolute Gasteiger partial charge is 0.137 e. The molecule has 0 atom stereocenters. The summed E-state index contributed by atoms with van der Waals surface area (Å²) in [5, 5.41) is 0. The summed E-state index contributed by atoms with van der Waals surface area (Å²) in [7, 11) is 2.12. The first-order chi connectivity index (χ1) is 3.43. The molecular weight excluding hydrogens is 82.9 g/mol. The van der Waals surface area contributed by atoms with Crippen LogP contribution in [0, 0.1) is 0 Å². The van der Waals surface area contributed by atoms with Gasteiger partial charge in [0.15, 0.2) is 0 Å². The molecule has 1 fully saturated rings. The van der Waals surface area contributed by atoms with Crippen molar-refractivity contribution in [3.63, 3.8) is 0 Å². The molecule has 1 aliphatic carbocycles. The Morgan fingerprint density at radius 2 is 2.29 bits per heavy atom. The van der Waals surface area contributed by atoms with Gasteiger partial charge in [-0.1, -0.05) is 12.4 Å². The molecule has 0 aromatic rings. The van der Waals surface area contributed by atoms with Gasteiger partial charge in [-0.05, 0) is 19.3 Å². The number of rotatable bonds is 1. The quantitative estimate of drug-likeness (QED) is 0.433. The minimum atomic E-state index is 1.35. The maximum atomic E-state index is 2.23. The molecule has 7 heavy (non-hydrogen) atoms. The molecule has 1 radical (unpaired) electrons. The molecule has 1 aliphatic rings. The van der Waals surface area contributed by atoms with Crippen molar-refractivity contribution in [3.8, 4) is 0 Å². The van der Waals surface area contributed by atoms with Gasteiger partial charge in [0.1, 0.15) is 7.28 Å². The normalized spacial score (nSPS) is 18.1. The zero-order valence-corrected chi connectivity index (χ0v) is 4.78. The highest BCUT2D eigenvalue weighted by molar-refractivity contribution is 6.40. The summed E-state index contributed by atoms with van der Waals surface area (Å²) >= 11 is 0. The van der Waals surface area contributed by atoms with Gasteiger partial charge in [-0.3, -0.25) is 0 Å². The first-order valence-electron chi connectivity index (χ1n) is 2.91. The Bertz CT molecular complexity index is 78.2. The topological polar surface area (TPSA) is 0 Å². The van der Waals surface area contributed by atoms with E-state index >= 15 is 0 Å². The molecule has 1 rings (SSSR count). The van der Waals surface area contributed by atoms with Crippen LogP contribution in [0.1, 0.15) is 19.3 Å². The van der Waals surface area contributed by atoms with Gasteiger partial charge in [-0.25, -0.2) is 0 Å². The van der Waals surface area contributed by atoms with Crippen LogP contribution in [0.4, 0.5) is 0 Å². The highest BCUT2D eigenvalue weighted by Gasteiger charge is 2.05. The fourth-order valence-electron chi connectivity index (χ4n) is 0.783. The lowest BCUT2D eigenvalue weighted by molar-refractivity contribution is 0.665. The van der Waals surface area contributed by atoms with Crippen molar-refractivity contribution >= 4 is 7.28 Å². The van der Waals surface area contributed by atoms with Crippen LogP contribution in [0.3, 0.4) is 0 Å². The molecule has 1 heteroatoms. The fraction of sp³-hybridized carbons (Fsp3) is 0.667. The molecule has 0 unspecified atom stereocenters. The van der Waals surface area contributed by atoms with E-state index in [9.17, 15) is 0 Å². The van der Waals surface area contributed by atoms with E-state index in [0.29, 0.717) is 0 Å². The van der Waals surface area contributed by atoms with Gasteiger partial charge < -0.3 is 0 Å². The zero-order chi connectivity index (χ0) is 5.11. The molecule has 0 heterocycles. The maximum absolute atomic E-state index is 2.23. The van der Waals surface area contributed by atoms with E-state index in [1.807, 2.05) is 0 Å². The molecule has 0 saturated heterocycles. The van der Waals surface area contributed by atoms with E-state index in [2.05, 4.69) is 20.1 Å². The molecule has 1 saturated carbocycles. The lowest BCUT2D eigenvalue weighted by Gasteiger charge is -2.15. The van der Waals surface area contributed by atoms with Gasteiger partial charge >= 0.3 is 0 Å². The second-order valence-corrected chi connectivity index (χ2v) is 2.01. The predicted octanol–water partition coefficient (Wildman–Crippen LogP) is 1.81. The Kier molecular flexibility index (Phi) is 1.56. The summed E-state index contributed by atoms with van der Waals surface area (Å²) in [6.45, 7) is 2.07. The van der Waals surface area contributed by atoms with Gasteiger partial charge in [0, 0.05) is 0 Å². The van der Waals surface area contributed by atoms with Crippen molar-refractivity contribution in [1.82, 2.24) is 0 Å². The molecule has 0 bridgehead atoms. The third-order valence-electron chi connectivity index (χ3n) is 1.40. The second kappa shape index (κ2) is 2.20. The summed E-state index contributed by atoms with van der Waals surface area (Å²) in [6.07, 6.45) is 4.12. The minimum absolute atomic E-state index is 1.35. The molecule has 0 aromatic heterocycles. The van der Waals surface area contributed by atoms with Crippen molar-refractivity contribution in [2.75, 3.05) is 0 Å². The van der Waals surface area contributed by atoms with Crippen molar-refractivity contribution in [1.29, 1.82) is 0 Å². The average molecular weight is 93.0 g/mol. The minimum Gasteiger partial charge on any atom is -0.124 e. The van der Waals surface area contributed by atoms with Crippen LogP contribution >= 0.6 is 0 Å². The van der Waals surface area contributed by atoms with Crippen LogP contribution in [0.2, 0.25) is 6.82 Å². The molecule has 0 nitrogen and oxygen atoms in total. The summed E-state index contributed by atoms with van der Waals surface area (Å²) < 4.78 is 0. The van der Waals surface area contributed by atoms with Crippen LogP contribution in [0.15, 0.2) is 11.5 Å². The van der Waals surface area contributed by atoms with Gasteiger partial charge in [-0.2, -0.15) is 0 Å². The average Bonchev–Trinajstić information content (AvgIpc) is 1.55.